The van der Waals surface area contributed by atoms with Crippen LogP contribution in [0.1, 0.15) is 59.8 Å². The summed E-state index contributed by atoms with van der Waals surface area (Å²) in [4.78, 5) is 14.4. The van der Waals surface area contributed by atoms with Crippen LogP contribution in [0.2, 0.25) is 0 Å². The molecule has 2 atom stereocenters. The minimum Gasteiger partial charge on any atom is -0.328 e. The van der Waals surface area contributed by atoms with Crippen molar-refractivity contribution in [3.63, 3.8) is 0 Å². The maximum Gasteiger partial charge on any atom is 0.282 e. The second kappa shape index (κ2) is 7.30. The number of hydrogen-bond acceptors (Lipinski definition) is 2. The molecule has 1 aliphatic rings. The monoisotopic (exact) mass is 257 g/mol. The number of thioether (sulfide) groups is 1. The summed E-state index contributed by atoms with van der Waals surface area (Å²) >= 11 is 1.46. The zero-order chi connectivity index (χ0) is 12.8. The van der Waals surface area contributed by atoms with Crippen molar-refractivity contribution in [3.05, 3.63) is 0 Å². The Morgan fingerprint density at radius 2 is 1.94 bits per heavy atom. The highest BCUT2D eigenvalue weighted by Gasteiger charge is 2.33. The van der Waals surface area contributed by atoms with Crippen molar-refractivity contribution in [3.8, 4) is 0 Å². The van der Waals surface area contributed by atoms with E-state index in [4.69, 9.17) is 0 Å². The van der Waals surface area contributed by atoms with Gasteiger partial charge in [0.15, 0.2) is 0 Å². The summed E-state index contributed by atoms with van der Waals surface area (Å²) in [6.45, 7) is 8.61. The summed E-state index contributed by atoms with van der Waals surface area (Å²) in [6, 6.07) is 0.819. The summed E-state index contributed by atoms with van der Waals surface area (Å²) in [5.74, 6) is 1.60. The van der Waals surface area contributed by atoms with Crippen LogP contribution >= 0.6 is 11.8 Å². The van der Waals surface area contributed by atoms with Gasteiger partial charge in [-0.2, -0.15) is 0 Å². The molecule has 1 unspecified atom stereocenters. The van der Waals surface area contributed by atoms with Crippen molar-refractivity contribution in [2.45, 2.75) is 71.9 Å². The van der Waals surface area contributed by atoms with Gasteiger partial charge in [-0.05, 0) is 38.4 Å². The second-order valence-electron chi connectivity index (χ2n) is 5.22. The molecule has 1 fully saturated rings. The molecule has 0 aliphatic heterocycles. The molecule has 0 saturated heterocycles. The maximum absolute atomic E-state index is 12.2. The highest BCUT2D eigenvalue weighted by atomic mass is 32.2. The molecule has 1 rings (SSSR count). The molecular formula is C14H27NOS. The van der Waals surface area contributed by atoms with Crippen LogP contribution in [-0.4, -0.2) is 28.0 Å². The minimum atomic E-state index is 0.285. The van der Waals surface area contributed by atoms with Gasteiger partial charge in [0.2, 0.25) is 0 Å². The first kappa shape index (κ1) is 14.9. The smallest absolute Gasteiger partial charge is 0.282 e. The van der Waals surface area contributed by atoms with Gasteiger partial charge in [-0.25, -0.2) is 0 Å². The maximum atomic E-state index is 12.2. The zero-order valence-corrected chi connectivity index (χ0v) is 12.6. The predicted molar refractivity (Wildman–Crippen MR) is 76.5 cm³/mol. The second-order valence-corrected chi connectivity index (χ2v) is 6.44. The third kappa shape index (κ3) is 3.90. The Balaban J connectivity index is 2.77. The van der Waals surface area contributed by atoms with E-state index < -0.39 is 0 Å². The van der Waals surface area contributed by atoms with E-state index in [2.05, 4.69) is 32.6 Å². The van der Waals surface area contributed by atoms with Crippen LogP contribution in [0, 0.1) is 5.92 Å². The van der Waals surface area contributed by atoms with E-state index in [9.17, 15) is 4.79 Å². The number of amides is 1. The predicted octanol–water partition coefficient (Wildman–Crippen LogP) is 4.54. The van der Waals surface area contributed by atoms with Crippen molar-refractivity contribution >= 4 is 17.0 Å². The fraction of sp³-hybridized carbons (Fsp3) is 0.929. The highest BCUT2D eigenvalue weighted by Crippen LogP contribution is 2.33. The van der Waals surface area contributed by atoms with Crippen LogP contribution in [0.3, 0.4) is 0 Å². The molecule has 1 aliphatic carbocycles. The number of carbonyl (C=O) groups excluding carboxylic acids is 1. The van der Waals surface area contributed by atoms with Crippen molar-refractivity contribution < 1.29 is 4.79 Å². The van der Waals surface area contributed by atoms with Crippen LogP contribution in [0.25, 0.3) is 0 Å². The van der Waals surface area contributed by atoms with Crippen LogP contribution in [0.5, 0.6) is 0 Å². The molecule has 0 radical (unpaired) electrons. The summed E-state index contributed by atoms with van der Waals surface area (Å²) in [7, 11) is 0. The van der Waals surface area contributed by atoms with Crippen LogP contribution in [-0.2, 0) is 0 Å². The first-order valence-electron chi connectivity index (χ1n) is 7.06. The Morgan fingerprint density at radius 1 is 1.29 bits per heavy atom. The minimum absolute atomic E-state index is 0.285. The summed E-state index contributed by atoms with van der Waals surface area (Å²) in [5, 5.41) is 0.285. The average Bonchev–Trinajstić information content (AvgIpc) is 2.30. The third-order valence-electron chi connectivity index (χ3n) is 3.79. The molecule has 0 spiro atoms. The van der Waals surface area contributed by atoms with Crippen molar-refractivity contribution in [1.29, 1.82) is 0 Å². The van der Waals surface area contributed by atoms with E-state index in [1.807, 2.05) is 0 Å². The Kier molecular flexibility index (Phi) is 6.39. The lowest BCUT2D eigenvalue weighted by molar-refractivity contribution is 0.112. The molecule has 0 aromatic carbocycles. The standard InChI is InChI=1S/C14H27NOS/c1-5-12-9-7-8-10-13(12)15(11(3)4)14(16)17-6-2/h11-13H,5-10H2,1-4H3/t12-,13?/m0/s1. The molecule has 17 heavy (non-hydrogen) atoms. The third-order valence-corrected chi connectivity index (χ3v) is 4.53. The first-order valence-corrected chi connectivity index (χ1v) is 8.05. The van der Waals surface area contributed by atoms with Gasteiger partial charge in [-0.3, -0.25) is 4.79 Å². The molecule has 3 heteroatoms. The van der Waals surface area contributed by atoms with Crippen LogP contribution in [0.4, 0.5) is 4.79 Å². The lowest BCUT2D eigenvalue weighted by atomic mass is 9.81. The number of hydrogen-bond donors (Lipinski definition) is 0. The number of rotatable bonds is 4. The fourth-order valence-corrected chi connectivity index (χ4v) is 3.70. The summed E-state index contributed by atoms with van der Waals surface area (Å²) in [6.07, 6.45) is 6.34. The molecule has 1 amide bonds. The van der Waals surface area contributed by atoms with E-state index in [1.54, 1.807) is 0 Å². The molecule has 0 aromatic rings. The van der Waals surface area contributed by atoms with Gasteiger partial charge in [-0.15, -0.1) is 0 Å². The zero-order valence-electron chi connectivity index (χ0n) is 11.7. The lowest BCUT2D eigenvalue weighted by Gasteiger charge is -2.41. The van der Waals surface area contributed by atoms with Crippen molar-refractivity contribution in [2.24, 2.45) is 5.92 Å². The summed E-state index contributed by atoms with van der Waals surface area (Å²) in [5.41, 5.74) is 0. The molecule has 1 saturated carbocycles. The van der Waals surface area contributed by atoms with Gasteiger partial charge >= 0.3 is 0 Å². The van der Waals surface area contributed by atoms with Crippen LogP contribution in [0.15, 0.2) is 0 Å². The molecule has 100 valence electrons. The normalized spacial score (nSPS) is 25.0. The Morgan fingerprint density at radius 3 is 2.47 bits per heavy atom. The average molecular weight is 257 g/mol. The molecule has 0 heterocycles. The van der Waals surface area contributed by atoms with Gasteiger partial charge in [-0.1, -0.05) is 44.9 Å². The van der Waals surface area contributed by atoms with Gasteiger partial charge in [0.05, 0.1) is 0 Å². The Bertz CT molecular complexity index is 242. The van der Waals surface area contributed by atoms with E-state index in [0.29, 0.717) is 18.0 Å². The van der Waals surface area contributed by atoms with Crippen molar-refractivity contribution in [1.82, 2.24) is 4.90 Å². The van der Waals surface area contributed by atoms with E-state index in [0.717, 1.165) is 5.75 Å². The van der Waals surface area contributed by atoms with Gasteiger partial charge < -0.3 is 4.90 Å². The number of nitrogens with zero attached hydrogens (tertiary/aromatic N) is 1. The summed E-state index contributed by atoms with van der Waals surface area (Å²) < 4.78 is 0. The SMILES string of the molecule is CCSC(=O)N(C(C)C)C1CCCC[C@@H]1CC. The first-order chi connectivity index (χ1) is 8.11. The number of carbonyl (C=O) groups is 1. The molecule has 0 N–H and O–H groups in total. The molecule has 0 bridgehead atoms. The lowest BCUT2D eigenvalue weighted by Crippen LogP contribution is -2.48. The molecule has 2 nitrogen and oxygen atoms in total. The molecule has 0 aromatic heterocycles. The molecular weight excluding hydrogens is 230 g/mol. The largest absolute Gasteiger partial charge is 0.328 e. The van der Waals surface area contributed by atoms with Gasteiger partial charge in [0, 0.05) is 12.1 Å². The topological polar surface area (TPSA) is 20.3 Å². The van der Waals surface area contributed by atoms with Crippen molar-refractivity contribution in [2.75, 3.05) is 5.75 Å². The van der Waals surface area contributed by atoms with Crippen LogP contribution < -0.4 is 0 Å². The van der Waals surface area contributed by atoms with Gasteiger partial charge in [0.25, 0.3) is 5.24 Å². The Hall–Kier alpha value is -0.180. The fourth-order valence-electron chi connectivity index (χ4n) is 2.96. The van der Waals surface area contributed by atoms with E-state index in [1.165, 1.54) is 43.9 Å². The Labute approximate surface area is 111 Å². The van der Waals surface area contributed by atoms with E-state index in [-0.39, 0.29) is 5.24 Å². The quantitative estimate of drug-likeness (QED) is 0.737. The van der Waals surface area contributed by atoms with E-state index >= 15 is 0 Å². The van der Waals surface area contributed by atoms with Gasteiger partial charge in [0.1, 0.15) is 0 Å². The highest BCUT2D eigenvalue weighted by molar-refractivity contribution is 8.13.